The maximum Gasteiger partial charge on any atom is 0.276 e. The van der Waals surface area contributed by atoms with Crippen molar-refractivity contribution in [3.63, 3.8) is 0 Å². The number of rotatable bonds is 3. The molecule has 1 amide bonds. The van der Waals surface area contributed by atoms with E-state index in [1.54, 1.807) is 24.3 Å². The largest absolute Gasteiger partial charge is 0.276 e. The van der Waals surface area contributed by atoms with E-state index < -0.39 is 0 Å². The monoisotopic (exact) mass is 266 g/mol. The quantitative estimate of drug-likeness (QED) is 0.617. The Morgan fingerprint density at radius 3 is 2.61 bits per heavy atom. The number of carbonyl (C=O) groups excluding carboxylic acids is 1. The van der Waals surface area contributed by atoms with Crippen LogP contribution < -0.4 is 0 Å². The molecule has 4 nitrogen and oxygen atoms in total. The summed E-state index contributed by atoms with van der Waals surface area (Å²) in [6.07, 6.45) is 4.93. The minimum absolute atomic E-state index is 0.0669. The third-order valence-corrected chi connectivity index (χ3v) is 3.52. The minimum atomic E-state index is -0.362. The zero-order valence-electron chi connectivity index (χ0n) is 10.0. The highest BCUT2D eigenvalue weighted by atomic mass is 35.5. The molecular weight excluding hydrogens is 252 g/mol. The van der Waals surface area contributed by atoms with E-state index in [2.05, 4.69) is 5.29 Å². The predicted octanol–water partition coefficient (Wildman–Crippen LogP) is 3.80. The highest BCUT2D eigenvalue weighted by molar-refractivity contribution is 6.30. The molecule has 0 N–H and O–H groups in total. The van der Waals surface area contributed by atoms with E-state index in [-0.39, 0.29) is 11.9 Å². The van der Waals surface area contributed by atoms with Crippen LogP contribution in [0.1, 0.15) is 42.5 Å². The van der Waals surface area contributed by atoms with Crippen molar-refractivity contribution in [3.8, 4) is 0 Å². The topological polar surface area (TPSA) is 49.7 Å². The van der Waals surface area contributed by atoms with Gasteiger partial charge in [0, 0.05) is 10.6 Å². The van der Waals surface area contributed by atoms with Crippen molar-refractivity contribution in [2.45, 2.75) is 38.1 Å². The van der Waals surface area contributed by atoms with Gasteiger partial charge in [-0.1, -0.05) is 36.9 Å². The first kappa shape index (κ1) is 13.0. The standard InChI is InChI=1S/C13H15ClN2O2/c14-11-6-4-5-10(9-11)13(17)16(15-18)12-7-2-1-3-8-12/h4-6,9,12H,1-3,7-8H2. The van der Waals surface area contributed by atoms with Gasteiger partial charge in [-0.3, -0.25) is 4.79 Å². The van der Waals surface area contributed by atoms with Crippen LogP contribution in [-0.4, -0.2) is 17.0 Å². The van der Waals surface area contributed by atoms with Crippen molar-refractivity contribution in [1.29, 1.82) is 0 Å². The van der Waals surface area contributed by atoms with Crippen molar-refractivity contribution >= 4 is 17.5 Å². The Balaban J connectivity index is 2.16. The van der Waals surface area contributed by atoms with Gasteiger partial charge < -0.3 is 0 Å². The van der Waals surface area contributed by atoms with Crippen LogP contribution in [0.5, 0.6) is 0 Å². The van der Waals surface area contributed by atoms with Gasteiger partial charge >= 0.3 is 0 Å². The fraction of sp³-hybridized carbons (Fsp3) is 0.462. The van der Waals surface area contributed by atoms with E-state index in [0.717, 1.165) is 37.1 Å². The van der Waals surface area contributed by atoms with Crippen molar-refractivity contribution in [3.05, 3.63) is 39.8 Å². The van der Waals surface area contributed by atoms with Crippen molar-refractivity contribution < 1.29 is 4.79 Å². The van der Waals surface area contributed by atoms with Gasteiger partial charge in [0.05, 0.1) is 11.3 Å². The first-order valence-electron chi connectivity index (χ1n) is 6.15. The van der Waals surface area contributed by atoms with Gasteiger partial charge in [0.25, 0.3) is 5.91 Å². The Morgan fingerprint density at radius 1 is 1.28 bits per heavy atom. The van der Waals surface area contributed by atoms with Gasteiger partial charge in [0.1, 0.15) is 0 Å². The molecule has 18 heavy (non-hydrogen) atoms. The summed E-state index contributed by atoms with van der Waals surface area (Å²) >= 11 is 5.84. The number of hydrogen-bond donors (Lipinski definition) is 0. The molecule has 1 saturated carbocycles. The molecule has 0 saturated heterocycles. The molecule has 0 aliphatic heterocycles. The maximum absolute atomic E-state index is 12.2. The van der Waals surface area contributed by atoms with Crippen LogP contribution in [-0.2, 0) is 0 Å². The Hall–Kier alpha value is -1.42. The lowest BCUT2D eigenvalue weighted by Crippen LogP contribution is -2.37. The third-order valence-electron chi connectivity index (χ3n) is 3.29. The summed E-state index contributed by atoms with van der Waals surface area (Å²) in [6.45, 7) is 0. The summed E-state index contributed by atoms with van der Waals surface area (Å²) in [6, 6.07) is 6.53. The second-order valence-corrected chi connectivity index (χ2v) is 4.97. The molecule has 96 valence electrons. The third kappa shape index (κ3) is 2.88. The summed E-state index contributed by atoms with van der Waals surface area (Å²) in [7, 11) is 0. The lowest BCUT2D eigenvalue weighted by atomic mass is 9.95. The van der Waals surface area contributed by atoms with E-state index in [4.69, 9.17) is 11.6 Å². The van der Waals surface area contributed by atoms with Crippen LogP contribution in [0.25, 0.3) is 0 Å². The molecule has 2 rings (SSSR count). The van der Waals surface area contributed by atoms with E-state index in [1.807, 2.05) is 0 Å². The Labute approximate surface area is 111 Å². The van der Waals surface area contributed by atoms with Gasteiger partial charge in [-0.25, -0.2) is 0 Å². The second kappa shape index (κ2) is 5.96. The summed E-state index contributed by atoms with van der Waals surface area (Å²) in [4.78, 5) is 23.1. The molecule has 1 aliphatic rings. The Bertz CT molecular complexity index is 444. The summed E-state index contributed by atoms with van der Waals surface area (Å²) < 4.78 is 0. The zero-order chi connectivity index (χ0) is 13.0. The average molecular weight is 267 g/mol. The van der Waals surface area contributed by atoms with Crippen LogP contribution in [0.2, 0.25) is 5.02 Å². The molecule has 5 heteroatoms. The summed E-state index contributed by atoms with van der Waals surface area (Å²) in [5, 5.41) is 4.46. The van der Waals surface area contributed by atoms with E-state index >= 15 is 0 Å². The Kier molecular flexibility index (Phi) is 4.31. The molecule has 0 spiro atoms. The molecule has 1 aromatic carbocycles. The highest BCUT2D eigenvalue weighted by Gasteiger charge is 2.27. The predicted molar refractivity (Wildman–Crippen MR) is 70.3 cm³/mol. The van der Waals surface area contributed by atoms with Gasteiger partial charge in [-0.15, -0.1) is 4.91 Å². The number of nitrogens with zero attached hydrogens (tertiary/aromatic N) is 2. The number of benzene rings is 1. The molecule has 0 radical (unpaired) electrons. The smallest absolute Gasteiger partial charge is 0.267 e. The van der Waals surface area contributed by atoms with Crippen molar-refractivity contribution in [2.75, 3.05) is 0 Å². The van der Waals surface area contributed by atoms with E-state index in [0.29, 0.717) is 10.6 Å². The molecule has 0 unspecified atom stereocenters. The fourth-order valence-electron chi connectivity index (χ4n) is 2.35. The van der Waals surface area contributed by atoms with Crippen LogP contribution in [0.3, 0.4) is 0 Å². The zero-order valence-corrected chi connectivity index (χ0v) is 10.8. The SMILES string of the molecule is O=NN(C(=O)c1cccc(Cl)c1)C1CCCCC1. The first-order valence-corrected chi connectivity index (χ1v) is 6.52. The van der Waals surface area contributed by atoms with Crippen molar-refractivity contribution in [2.24, 2.45) is 5.29 Å². The molecule has 1 aliphatic carbocycles. The first-order chi connectivity index (χ1) is 8.72. The summed E-state index contributed by atoms with van der Waals surface area (Å²) in [5.41, 5.74) is 0.410. The fourth-order valence-corrected chi connectivity index (χ4v) is 2.54. The van der Waals surface area contributed by atoms with Crippen LogP contribution in [0, 0.1) is 4.91 Å². The van der Waals surface area contributed by atoms with Gasteiger partial charge in [0.15, 0.2) is 0 Å². The van der Waals surface area contributed by atoms with Gasteiger partial charge in [0.2, 0.25) is 0 Å². The Morgan fingerprint density at radius 2 is 2.00 bits per heavy atom. The summed E-state index contributed by atoms with van der Waals surface area (Å²) in [5.74, 6) is -0.362. The second-order valence-electron chi connectivity index (χ2n) is 4.53. The number of halogens is 1. The molecular formula is C13H15ClN2O2. The van der Waals surface area contributed by atoms with Crippen molar-refractivity contribution in [1.82, 2.24) is 5.01 Å². The van der Waals surface area contributed by atoms with Gasteiger partial charge in [-0.2, -0.15) is 5.01 Å². The van der Waals surface area contributed by atoms with E-state index in [1.165, 1.54) is 0 Å². The normalized spacial score (nSPS) is 16.3. The molecule has 1 fully saturated rings. The number of carbonyl (C=O) groups is 1. The highest BCUT2D eigenvalue weighted by Crippen LogP contribution is 2.24. The molecule has 0 aromatic heterocycles. The molecule has 1 aromatic rings. The number of hydrogen-bond acceptors (Lipinski definition) is 3. The molecule has 0 heterocycles. The van der Waals surface area contributed by atoms with E-state index in [9.17, 15) is 9.70 Å². The van der Waals surface area contributed by atoms with Crippen LogP contribution >= 0.6 is 11.6 Å². The maximum atomic E-state index is 12.2. The van der Waals surface area contributed by atoms with Crippen LogP contribution in [0.4, 0.5) is 0 Å². The average Bonchev–Trinajstić information content (AvgIpc) is 2.41. The van der Waals surface area contributed by atoms with Gasteiger partial charge in [-0.05, 0) is 31.0 Å². The number of amides is 1. The lowest BCUT2D eigenvalue weighted by Gasteiger charge is -2.27. The molecule has 0 bridgehead atoms. The minimum Gasteiger partial charge on any atom is -0.267 e. The number of nitroso groups, excluding NO2 is 1. The lowest BCUT2D eigenvalue weighted by molar-refractivity contribution is 0.0637. The van der Waals surface area contributed by atoms with Crippen LogP contribution in [0.15, 0.2) is 29.6 Å². The molecule has 0 atom stereocenters.